The van der Waals surface area contributed by atoms with Crippen molar-refractivity contribution in [1.29, 1.82) is 0 Å². The van der Waals surface area contributed by atoms with Crippen LogP contribution in [0.2, 0.25) is 0 Å². The summed E-state index contributed by atoms with van der Waals surface area (Å²) in [5, 5.41) is 27.5. The first-order chi connectivity index (χ1) is 58.3. The molecule has 32 heteroatoms. The Hall–Kier alpha value is -10.8. The molecule has 30 nitrogen and oxygen atoms in total. The number of aromatic nitrogens is 17. The average molecular weight is 1690 g/mol. The van der Waals surface area contributed by atoms with Crippen LogP contribution < -0.4 is 26.0 Å². The number of aryl methyl sites for hydroxylation is 3. The molecule has 10 fully saturated rings. The highest BCUT2D eigenvalue weighted by molar-refractivity contribution is 9.10. The Kier molecular flexibility index (Phi) is 25.8. The lowest BCUT2D eigenvalue weighted by Gasteiger charge is -2.56. The van der Waals surface area contributed by atoms with Crippen LogP contribution in [0.5, 0.6) is 0 Å². The van der Waals surface area contributed by atoms with Crippen LogP contribution in [0.15, 0.2) is 168 Å². The standard InChI is InChI=1S/C34H38N10O.C20H23N7.C14H23BN2O3.C14H15N3O2.C6H4BrNO/c1-22-13-26(15-27-14-23(2)40-41-27)39-34(38-22)25-7-9-32(36-18-25)42-20-28-16-29(21-42)43(28)19-24-6-8-30(35-17-24)31-10-11-37-44(31)33-5-3-4-12-45-33;1-12-5-17(21-8-12)25-18-6-13(2)23-20(26-18)14-3-4-19(22-9-14)27-10-15-7-16(11-27)24-15;1-13(2)14(3,4)20-15(19-13)11-8-9-16-17(11)12-7-5-6-10-18-12;18-10-11-4-5-12(15-9-11)13-6-7-16-17(13)14-3-1-2-8-19-14;7-6-2-1-5(4-9)3-8-6/h6-11,13-14,17-18,28-29,33H,3-5,12,15-16,19-21H2,1-2H3,(H,40,41);3-6,9,15-16,24H,7-8,10-11H2,1-2H3,(H,21,23,25,26);8-9,12H,5-7,10H2,1-4H3;4-7,9-10,14H,1-3,8H2;1-4H. The summed E-state index contributed by atoms with van der Waals surface area (Å²) in [6.07, 6.45) is 30.9. The summed E-state index contributed by atoms with van der Waals surface area (Å²) in [4.78, 5) is 73.8. The van der Waals surface area contributed by atoms with Gasteiger partial charge in [0.1, 0.15) is 34.1 Å². The summed E-state index contributed by atoms with van der Waals surface area (Å²) in [6.45, 7) is 24.4. The third kappa shape index (κ3) is 19.9. The van der Waals surface area contributed by atoms with Crippen molar-refractivity contribution in [3.05, 3.63) is 208 Å². The molecule has 0 spiro atoms. The lowest BCUT2D eigenvalue weighted by molar-refractivity contribution is -0.0385. The van der Waals surface area contributed by atoms with Crippen molar-refractivity contribution >= 4 is 64.5 Å². The van der Waals surface area contributed by atoms with Crippen LogP contribution in [0.25, 0.3) is 45.6 Å². The molecule has 22 rings (SSSR count). The van der Waals surface area contributed by atoms with Gasteiger partial charge in [-0.25, -0.2) is 48.9 Å². The predicted molar refractivity (Wildman–Crippen MR) is 461 cm³/mol. The number of carbonyl (C=O) groups is 2. The molecule has 0 amide bonds. The highest BCUT2D eigenvalue weighted by Crippen LogP contribution is 2.39. The first-order valence-electron chi connectivity index (χ1n) is 41.7. The van der Waals surface area contributed by atoms with Crippen LogP contribution in [0.3, 0.4) is 0 Å². The number of hydrogen-bond donors (Lipinski definition) is 3. The van der Waals surface area contributed by atoms with Gasteiger partial charge in [0.05, 0.1) is 57.5 Å². The number of piperidine rings is 2. The lowest BCUT2D eigenvalue weighted by Crippen LogP contribution is -2.68. The summed E-state index contributed by atoms with van der Waals surface area (Å²) in [7, 11) is -0.381. The Labute approximate surface area is 707 Å². The van der Waals surface area contributed by atoms with Gasteiger partial charge in [-0.15, -0.1) is 0 Å². The molecule has 4 bridgehead atoms. The number of amidine groups is 1. The van der Waals surface area contributed by atoms with Crippen LogP contribution in [0.4, 0.5) is 17.5 Å². The molecule has 3 N–H and O–H groups in total. The normalized spacial score (nSPS) is 21.9. The Morgan fingerprint density at radius 3 is 1.62 bits per heavy atom. The second-order valence-electron chi connectivity index (χ2n) is 33.0. The van der Waals surface area contributed by atoms with E-state index in [2.05, 4.69) is 174 Å². The van der Waals surface area contributed by atoms with Crippen molar-refractivity contribution < 1.29 is 33.1 Å². The summed E-state index contributed by atoms with van der Waals surface area (Å²) >= 11 is 3.15. The number of fused-ring (bicyclic) bond motifs is 4. The fourth-order valence-electron chi connectivity index (χ4n) is 16.3. The van der Waals surface area contributed by atoms with Gasteiger partial charge in [0, 0.05) is 178 Å². The van der Waals surface area contributed by atoms with Crippen molar-refractivity contribution in [2.24, 2.45) is 4.99 Å². The highest BCUT2D eigenvalue weighted by Gasteiger charge is 2.53. The number of carbonyl (C=O) groups excluding carboxylic acids is 2. The monoisotopic (exact) mass is 1680 g/mol. The molecule has 22 heterocycles. The van der Waals surface area contributed by atoms with Crippen molar-refractivity contribution in [1.82, 2.24) is 94.6 Å². The largest absolute Gasteiger partial charge is 0.514 e. The maximum Gasteiger partial charge on any atom is 0.514 e. The van der Waals surface area contributed by atoms with Gasteiger partial charge >= 0.3 is 7.12 Å². The number of hydrogen-bond acceptors (Lipinski definition) is 26. The SMILES string of the molecule is CC1(C)OB(c2ccnn2C2CCCCO2)OC1(C)C.CC1=CC(Nc2cc(C)nc(-c3ccc(N4CC5CC(C4)N5)nc3)n2)=NC1.Cc1cc(Cc2cc(C)[nH]n2)nc(-c2ccc(N3CC4CC(C3)N4Cc3ccc(-c4ccnn4C4CCCCO4)nc3)nc2)n1.O=Cc1ccc(-c2ccnn2C2CCCCO2)nc1.O=Cc1ccc(Br)nc1. The van der Waals surface area contributed by atoms with Crippen LogP contribution in [0.1, 0.15) is 179 Å². The molecule has 7 atom stereocenters. The first-order valence-corrected chi connectivity index (χ1v) is 42.5. The predicted octanol–water partition coefficient (Wildman–Crippen LogP) is 13.1. The molecular weight excluding hydrogens is 1580 g/mol. The van der Waals surface area contributed by atoms with Gasteiger partial charge in [-0.1, -0.05) is 6.07 Å². The number of aliphatic imine (C=N–C) groups is 1. The topological polar surface area (TPSA) is 325 Å². The summed E-state index contributed by atoms with van der Waals surface area (Å²) in [6, 6.07) is 33.9. The van der Waals surface area contributed by atoms with E-state index in [1.807, 2.05) is 102 Å². The van der Waals surface area contributed by atoms with Crippen LogP contribution >= 0.6 is 15.9 Å². The van der Waals surface area contributed by atoms with Gasteiger partial charge in [-0.3, -0.25) is 34.5 Å². The number of ether oxygens (including phenoxy) is 3. The molecule has 7 unspecified atom stereocenters. The first kappa shape index (κ1) is 82.8. The van der Waals surface area contributed by atoms with E-state index >= 15 is 0 Å². The van der Waals surface area contributed by atoms with Crippen LogP contribution in [-0.4, -0.2) is 203 Å². The van der Waals surface area contributed by atoms with Crippen molar-refractivity contribution in [2.75, 3.05) is 67.7 Å². The van der Waals surface area contributed by atoms with Crippen LogP contribution in [-0.2, 0) is 36.5 Å². The number of rotatable bonds is 17. The molecule has 11 aliphatic heterocycles. The average Bonchev–Trinajstić information content (AvgIpc) is 1.07. The fraction of sp³-hybridized carbons (Fsp3) is 0.432. The third-order valence-electron chi connectivity index (χ3n) is 23.3. The molecule has 11 aromatic heterocycles. The Morgan fingerprint density at radius 1 is 0.558 bits per heavy atom. The van der Waals surface area contributed by atoms with Gasteiger partial charge in [-0.2, -0.15) is 20.4 Å². The number of nitrogens with zero attached hydrogens (tertiary/aromatic N) is 20. The zero-order chi connectivity index (χ0) is 82.9. The molecule has 0 aliphatic carbocycles. The minimum absolute atomic E-state index is 0.00501. The maximum absolute atomic E-state index is 10.6. The minimum Gasteiger partial charge on any atom is -0.398 e. The number of aldehydes is 2. The highest BCUT2D eigenvalue weighted by atomic mass is 79.9. The molecule has 10 saturated heterocycles. The van der Waals surface area contributed by atoms with E-state index in [1.54, 1.807) is 36.8 Å². The molecule has 11 aliphatic rings. The van der Waals surface area contributed by atoms with Gasteiger partial charge in [0.25, 0.3) is 0 Å². The minimum atomic E-state index is -0.381. The molecule has 11 aromatic rings. The molecule has 120 heavy (non-hydrogen) atoms. The third-order valence-corrected chi connectivity index (χ3v) is 23.8. The lowest BCUT2D eigenvalue weighted by atomic mass is 9.84. The Balaban J connectivity index is 0.000000122. The number of halogens is 1. The number of nitrogens with one attached hydrogen (secondary N) is 3. The van der Waals surface area contributed by atoms with Crippen molar-refractivity contribution in [2.45, 2.75) is 193 Å². The molecule has 622 valence electrons. The summed E-state index contributed by atoms with van der Waals surface area (Å²) in [5.41, 5.74) is 14.3. The van der Waals surface area contributed by atoms with E-state index < -0.39 is 0 Å². The Bertz CT molecular complexity index is 5310. The zero-order valence-electron chi connectivity index (χ0n) is 69.2. The second-order valence-corrected chi connectivity index (χ2v) is 33.8. The van der Waals surface area contributed by atoms with Gasteiger partial charge in [0.2, 0.25) is 0 Å². The van der Waals surface area contributed by atoms with E-state index in [0.717, 1.165) is 212 Å². The molecular formula is C88H103BBrN23O7. The molecule has 0 aromatic carbocycles. The molecule has 0 radical (unpaired) electrons. The number of pyridine rings is 5. The van der Waals surface area contributed by atoms with E-state index in [0.29, 0.717) is 53.4 Å². The molecule has 0 saturated carbocycles. The zero-order valence-corrected chi connectivity index (χ0v) is 70.8. The number of piperazine rings is 2. The van der Waals surface area contributed by atoms with Crippen molar-refractivity contribution in [3.63, 3.8) is 0 Å². The summed E-state index contributed by atoms with van der Waals surface area (Å²) in [5.74, 6) is 5.03. The van der Waals surface area contributed by atoms with Crippen molar-refractivity contribution in [3.8, 4) is 45.6 Å². The van der Waals surface area contributed by atoms with E-state index in [4.69, 9.17) is 43.5 Å². The quantitative estimate of drug-likeness (QED) is 0.0433. The van der Waals surface area contributed by atoms with Gasteiger partial charge < -0.3 is 44.0 Å². The number of anilines is 3. The second kappa shape index (κ2) is 37.4. The van der Waals surface area contributed by atoms with E-state index in [-0.39, 0.29) is 37.0 Å². The number of H-pyrrole nitrogens is 1. The smallest absolute Gasteiger partial charge is 0.398 e. The Morgan fingerprint density at radius 2 is 1.11 bits per heavy atom. The maximum atomic E-state index is 10.6. The van der Waals surface area contributed by atoms with Crippen LogP contribution in [0, 0.1) is 20.8 Å². The van der Waals surface area contributed by atoms with E-state index in [1.165, 1.54) is 43.0 Å². The van der Waals surface area contributed by atoms with Gasteiger partial charge in [-0.05, 0) is 244 Å². The van der Waals surface area contributed by atoms with E-state index in [9.17, 15) is 9.59 Å². The summed E-state index contributed by atoms with van der Waals surface area (Å²) < 4.78 is 36.3. The van der Waals surface area contributed by atoms with Gasteiger partial charge in [0.15, 0.2) is 36.7 Å². The fourth-order valence-corrected chi connectivity index (χ4v) is 16.5. The number of aromatic amines is 1.